The molecule has 0 radical (unpaired) electrons. The van der Waals surface area contributed by atoms with Crippen LogP contribution in [-0.4, -0.2) is 42.9 Å². The Hall–Kier alpha value is -1.81. The van der Waals surface area contributed by atoms with E-state index in [1.54, 1.807) is 0 Å². The molecule has 27 heavy (non-hydrogen) atoms. The second-order valence-corrected chi connectivity index (χ2v) is 6.47. The summed E-state index contributed by atoms with van der Waals surface area (Å²) in [5, 5.41) is 0. The average Bonchev–Trinajstić information content (AvgIpc) is 3.13. The fraction of sp³-hybridized carbons (Fsp3) is 0.588. The molecule has 1 aromatic carbocycles. The van der Waals surface area contributed by atoms with Gasteiger partial charge in [0.05, 0.1) is 30.4 Å². The van der Waals surface area contributed by atoms with Crippen molar-refractivity contribution in [3.8, 4) is 0 Å². The lowest BCUT2D eigenvalue weighted by molar-refractivity contribution is -0.143. The number of hydrogen-bond donors (Lipinski definition) is 0. The van der Waals surface area contributed by atoms with Crippen LogP contribution in [0.25, 0.3) is 0 Å². The van der Waals surface area contributed by atoms with Gasteiger partial charge in [0, 0.05) is 12.1 Å². The molecule has 0 saturated carbocycles. The van der Waals surface area contributed by atoms with E-state index < -0.39 is 47.3 Å². The van der Waals surface area contributed by atoms with Gasteiger partial charge < -0.3 is 14.4 Å². The lowest BCUT2D eigenvalue weighted by Crippen LogP contribution is -2.50. The lowest BCUT2D eigenvalue weighted by Gasteiger charge is -2.38. The monoisotopic (exact) mass is 397 g/mol. The molecular formula is C17H17F6NO3. The highest BCUT2D eigenvalue weighted by atomic mass is 19.4. The number of amides is 1. The maximum atomic E-state index is 13.0. The van der Waals surface area contributed by atoms with E-state index in [-0.39, 0.29) is 12.6 Å². The SMILES string of the molecule is O=C(c1cc(C(F)(F)F)cc(C(F)(F)F)c1)N1CCCCC1C1OCCO1. The first-order valence-corrected chi connectivity index (χ1v) is 8.41. The van der Waals surface area contributed by atoms with Crippen molar-refractivity contribution < 1.29 is 40.6 Å². The molecule has 1 aromatic rings. The maximum Gasteiger partial charge on any atom is 0.416 e. The van der Waals surface area contributed by atoms with Crippen LogP contribution in [0.15, 0.2) is 18.2 Å². The van der Waals surface area contributed by atoms with Crippen molar-refractivity contribution in [1.82, 2.24) is 4.90 Å². The fourth-order valence-electron chi connectivity index (χ4n) is 3.34. The highest BCUT2D eigenvalue weighted by Gasteiger charge is 2.40. The van der Waals surface area contributed by atoms with Crippen LogP contribution in [0.5, 0.6) is 0 Å². The Bertz CT molecular complexity index is 665. The highest BCUT2D eigenvalue weighted by molar-refractivity contribution is 5.95. The van der Waals surface area contributed by atoms with E-state index in [0.29, 0.717) is 38.2 Å². The van der Waals surface area contributed by atoms with Crippen molar-refractivity contribution in [2.75, 3.05) is 19.8 Å². The first-order chi connectivity index (χ1) is 12.6. The third kappa shape index (κ3) is 4.37. The summed E-state index contributed by atoms with van der Waals surface area (Å²) in [6.07, 6.45) is -8.87. The van der Waals surface area contributed by atoms with Gasteiger partial charge in [0.2, 0.25) is 0 Å². The molecule has 2 heterocycles. The average molecular weight is 397 g/mol. The minimum absolute atomic E-state index is 0.00760. The molecule has 2 aliphatic heterocycles. The molecule has 0 bridgehead atoms. The minimum Gasteiger partial charge on any atom is -0.348 e. The van der Waals surface area contributed by atoms with Gasteiger partial charge in [0.1, 0.15) is 0 Å². The molecular weight excluding hydrogens is 380 g/mol. The fourth-order valence-corrected chi connectivity index (χ4v) is 3.34. The van der Waals surface area contributed by atoms with Crippen LogP contribution in [0.2, 0.25) is 0 Å². The number of likely N-dealkylation sites (tertiary alicyclic amines) is 1. The van der Waals surface area contributed by atoms with Gasteiger partial charge in [-0.15, -0.1) is 0 Å². The van der Waals surface area contributed by atoms with Crippen molar-refractivity contribution >= 4 is 5.91 Å². The Morgan fingerprint density at radius 1 is 0.926 bits per heavy atom. The van der Waals surface area contributed by atoms with Crippen LogP contribution in [0.4, 0.5) is 26.3 Å². The summed E-state index contributed by atoms with van der Waals surface area (Å²) in [5.41, 5.74) is -3.67. The van der Waals surface area contributed by atoms with Crippen molar-refractivity contribution in [3.63, 3.8) is 0 Å². The van der Waals surface area contributed by atoms with Crippen LogP contribution in [0.3, 0.4) is 0 Å². The molecule has 0 aromatic heterocycles. The Balaban J connectivity index is 1.96. The first kappa shape index (κ1) is 19.9. The molecule has 4 nitrogen and oxygen atoms in total. The number of rotatable bonds is 2. The van der Waals surface area contributed by atoms with Gasteiger partial charge in [-0.05, 0) is 37.5 Å². The summed E-state index contributed by atoms with van der Waals surface area (Å²) in [7, 11) is 0. The Morgan fingerprint density at radius 3 is 2.00 bits per heavy atom. The molecule has 2 aliphatic rings. The van der Waals surface area contributed by atoms with Crippen LogP contribution < -0.4 is 0 Å². The zero-order valence-corrected chi connectivity index (χ0v) is 14.1. The normalized spacial score (nSPS) is 22.3. The van der Waals surface area contributed by atoms with Gasteiger partial charge in [-0.25, -0.2) is 0 Å². The molecule has 1 amide bonds. The van der Waals surface area contributed by atoms with Gasteiger partial charge in [0.25, 0.3) is 5.91 Å². The van der Waals surface area contributed by atoms with Crippen LogP contribution >= 0.6 is 0 Å². The third-order valence-electron chi connectivity index (χ3n) is 4.61. The molecule has 1 unspecified atom stereocenters. The molecule has 0 N–H and O–H groups in total. The van der Waals surface area contributed by atoms with E-state index in [9.17, 15) is 31.1 Å². The van der Waals surface area contributed by atoms with Crippen molar-refractivity contribution in [2.24, 2.45) is 0 Å². The summed E-state index contributed by atoms with van der Waals surface area (Å²) in [5.74, 6) is -0.893. The summed E-state index contributed by atoms with van der Waals surface area (Å²) in [6.45, 7) is 0.861. The second kappa shape index (κ2) is 7.31. The summed E-state index contributed by atoms with van der Waals surface area (Å²) >= 11 is 0. The van der Waals surface area contributed by atoms with Gasteiger partial charge in [-0.1, -0.05) is 0 Å². The maximum absolute atomic E-state index is 13.0. The zero-order valence-electron chi connectivity index (χ0n) is 14.1. The number of benzene rings is 1. The third-order valence-corrected chi connectivity index (χ3v) is 4.61. The molecule has 2 saturated heterocycles. The number of nitrogens with zero attached hydrogens (tertiary/aromatic N) is 1. The number of alkyl halides is 6. The van der Waals surface area contributed by atoms with Gasteiger partial charge >= 0.3 is 12.4 Å². The predicted octanol–water partition coefficient (Wildman–Crippen LogP) is 4.09. The van der Waals surface area contributed by atoms with E-state index in [1.807, 2.05) is 0 Å². The number of hydrogen-bond acceptors (Lipinski definition) is 3. The molecule has 3 rings (SSSR count). The highest BCUT2D eigenvalue weighted by Crippen LogP contribution is 2.37. The van der Waals surface area contributed by atoms with Gasteiger partial charge in [0.15, 0.2) is 6.29 Å². The van der Waals surface area contributed by atoms with Crippen molar-refractivity contribution in [2.45, 2.75) is 43.9 Å². The van der Waals surface area contributed by atoms with E-state index >= 15 is 0 Å². The van der Waals surface area contributed by atoms with E-state index in [4.69, 9.17) is 9.47 Å². The second-order valence-electron chi connectivity index (χ2n) is 6.47. The van der Waals surface area contributed by atoms with Crippen LogP contribution in [-0.2, 0) is 21.8 Å². The van der Waals surface area contributed by atoms with E-state index in [1.165, 1.54) is 4.90 Å². The summed E-state index contributed by atoms with van der Waals surface area (Å²) in [4.78, 5) is 14.1. The first-order valence-electron chi connectivity index (χ1n) is 8.41. The number of ether oxygens (including phenoxy) is 2. The number of halogens is 6. The molecule has 1 atom stereocenters. The standard InChI is InChI=1S/C17H17F6NO3/c18-16(19,20)11-7-10(8-12(9-11)17(21,22)23)14(25)24-4-2-1-3-13(24)15-26-5-6-27-15/h7-9,13,15H,1-6H2. The van der Waals surface area contributed by atoms with E-state index in [2.05, 4.69) is 0 Å². The Morgan fingerprint density at radius 2 is 1.48 bits per heavy atom. The van der Waals surface area contributed by atoms with Crippen molar-refractivity contribution in [3.05, 3.63) is 34.9 Å². The van der Waals surface area contributed by atoms with Crippen LogP contribution in [0, 0.1) is 0 Å². The lowest BCUT2D eigenvalue weighted by atomic mass is 9.98. The number of carbonyl (C=O) groups is 1. The topological polar surface area (TPSA) is 38.8 Å². The summed E-state index contributed by atoms with van der Waals surface area (Å²) < 4.78 is 89.0. The molecule has 2 fully saturated rings. The minimum atomic E-state index is -5.00. The molecule has 0 spiro atoms. The Kier molecular flexibility index (Phi) is 5.40. The van der Waals surface area contributed by atoms with Gasteiger partial charge in [-0.3, -0.25) is 4.79 Å². The molecule has 0 aliphatic carbocycles. The van der Waals surface area contributed by atoms with Crippen molar-refractivity contribution in [1.29, 1.82) is 0 Å². The molecule has 150 valence electrons. The quantitative estimate of drug-likeness (QED) is 0.706. The summed E-state index contributed by atoms with van der Waals surface area (Å²) in [6, 6.07) is 0.380. The molecule has 10 heteroatoms. The Labute approximate surface area is 151 Å². The number of carbonyl (C=O) groups excluding carboxylic acids is 1. The predicted molar refractivity (Wildman–Crippen MR) is 80.8 cm³/mol. The smallest absolute Gasteiger partial charge is 0.348 e. The largest absolute Gasteiger partial charge is 0.416 e. The van der Waals surface area contributed by atoms with E-state index in [0.717, 1.165) is 6.42 Å². The van der Waals surface area contributed by atoms with Gasteiger partial charge in [-0.2, -0.15) is 26.3 Å². The van der Waals surface area contributed by atoms with Crippen LogP contribution in [0.1, 0.15) is 40.7 Å². The zero-order chi connectivity index (χ0) is 19.8. The number of piperidine rings is 1.